The number of aromatic nitrogens is 2. The van der Waals surface area contributed by atoms with Crippen molar-refractivity contribution < 1.29 is 0 Å². The third-order valence-corrected chi connectivity index (χ3v) is 2.24. The van der Waals surface area contributed by atoms with Crippen molar-refractivity contribution in [1.29, 1.82) is 0 Å². The van der Waals surface area contributed by atoms with Crippen LogP contribution in [0.4, 0.5) is 0 Å². The molecule has 2 nitrogen and oxygen atoms in total. The van der Waals surface area contributed by atoms with Crippen molar-refractivity contribution in [3.8, 4) is 11.3 Å². The zero-order valence-corrected chi connectivity index (χ0v) is 8.49. The Kier molecular flexibility index (Phi) is 2.46. The van der Waals surface area contributed by atoms with Crippen LogP contribution in [0.1, 0.15) is 5.69 Å². The highest BCUT2D eigenvalue weighted by Crippen LogP contribution is 2.24. The Morgan fingerprint density at radius 1 is 1.21 bits per heavy atom. The van der Waals surface area contributed by atoms with Gasteiger partial charge >= 0.3 is 0 Å². The van der Waals surface area contributed by atoms with Gasteiger partial charge in [0, 0.05) is 23.7 Å². The van der Waals surface area contributed by atoms with E-state index in [2.05, 4.69) is 9.97 Å². The van der Waals surface area contributed by atoms with Crippen LogP contribution in [-0.4, -0.2) is 9.97 Å². The zero-order chi connectivity index (χ0) is 9.97. The topological polar surface area (TPSA) is 25.8 Å². The molecule has 2 rings (SSSR count). The molecule has 2 aromatic heterocycles. The van der Waals surface area contributed by atoms with E-state index in [1.807, 2.05) is 31.2 Å². The molecule has 0 unspecified atom stereocenters. The molecular formula is C11H9ClN2. The van der Waals surface area contributed by atoms with Crippen molar-refractivity contribution in [2.75, 3.05) is 0 Å². The van der Waals surface area contributed by atoms with Crippen LogP contribution in [0.3, 0.4) is 0 Å². The van der Waals surface area contributed by atoms with Crippen molar-refractivity contribution in [3.63, 3.8) is 0 Å². The minimum Gasteiger partial charge on any atom is -0.263 e. The first-order valence-electron chi connectivity index (χ1n) is 4.31. The van der Waals surface area contributed by atoms with E-state index in [9.17, 15) is 0 Å². The molecule has 0 radical (unpaired) electrons. The molecule has 0 aliphatic heterocycles. The number of hydrogen-bond acceptors (Lipinski definition) is 2. The van der Waals surface area contributed by atoms with Gasteiger partial charge in [0.15, 0.2) is 0 Å². The number of halogens is 1. The Morgan fingerprint density at radius 3 is 2.79 bits per heavy atom. The second-order valence-electron chi connectivity index (χ2n) is 3.02. The standard InChI is InChI=1S/C11H9ClN2/c1-8-3-2-4-11(14-8)9-5-6-13-7-10(9)12/h2-7H,1H3. The average molecular weight is 205 g/mol. The van der Waals surface area contributed by atoms with E-state index in [0.717, 1.165) is 17.0 Å². The molecule has 0 fully saturated rings. The summed E-state index contributed by atoms with van der Waals surface area (Å²) in [5, 5.41) is 0.630. The largest absolute Gasteiger partial charge is 0.263 e. The second kappa shape index (κ2) is 3.76. The second-order valence-corrected chi connectivity index (χ2v) is 3.43. The Bertz CT molecular complexity index is 455. The van der Waals surface area contributed by atoms with Crippen LogP contribution < -0.4 is 0 Å². The molecule has 0 bridgehead atoms. The Labute approximate surface area is 87.6 Å². The quantitative estimate of drug-likeness (QED) is 0.714. The summed E-state index contributed by atoms with van der Waals surface area (Å²) in [5.41, 5.74) is 2.79. The van der Waals surface area contributed by atoms with Crippen LogP contribution in [0.5, 0.6) is 0 Å². The molecule has 0 aliphatic rings. The van der Waals surface area contributed by atoms with Gasteiger partial charge < -0.3 is 0 Å². The van der Waals surface area contributed by atoms with Crippen molar-refractivity contribution in [1.82, 2.24) is 9.97 Å². The SMILES string of the molecule is Cc1cccc(-c2ccncc2Cl)n1. The molecule has 70 valence electrons. The summed E-state index contributed by atoms with van der Waals surface area (Å²) in [6, 6.07) is 7.73. The predicted molar refractivity (Wildman–Crippen MR) is 57.2 cm³/mol. The lowest BCUT2D eigenvalue weighted by Gasteiger charge is -2.02. The zero-order valence-electron chi connectivity index (χ0n) is 7.74. The van der Waals surface area contributed by atoms with E-state index >= 15 is 0 Å². The third-order valence-electron chi connectivity index (χ3n) is 1.94. The van der Waals surface area contributed by atoms with Crippen LogP contribution >= 0.6 is 11.6 Å². The molecule has 0 aliphatic carbocycles. The normalized spacial score (nSPS) is 10.1. The minimum atomic E-state index is 0.630. The number of hydrogen-bond donors (Lipinski definition) is 0. The molecule has 0 amide bonds. The van der Waals surface area contributed by atoms with Crippen molar-refractivity contribution in [2.24, 2.45) is 0 Å². The first kappa shape index (κ1) is 9.16. The van der Waals surface area contributed by atoms with Crippen LogP contribution in [0.15, 0.2) is 36.7 Å². The molecule has 2 aromatic rings. The fourth-order valence-corrected chi connectivity index (χ4v) is 1.49. The van der Waals surface area contributed by atoms with E-state index in [1.165, 1.54) is 0 Å². The molecule has 0 saturated heterocycles. The molecule has 2 heterocycles. The van der Waals surface area contributed by atoms with E-state index < -0.39 is 0 Å². The van der Waals surface area contributed by atoms with Gasteiger partial charge in [-0.05, 0) is 25.1 Å². The van der Waals surface area contributed by atoms with Crippen LogP contribution in [0, 0.1) is 6.92 Å². The van der Waals surface area contributed by atoms with Gasteiger partial charge in [-0.15, -0.1) is 0 Å². The molecule has 14 heavy (non-hydrogen) atoms. The summed E-state index contributed by atoms with van der Waals surface area (Å²) < 4.78 is 0. The molecule has 0 aromatic carbocycles. The highest BCUT2D eigenvalue weighted by Gasteiger charge is 2.03. The Morgan fingerprint density at radius 2 is 2.07 bits per heavy atom. The highest BCUT2D eigenvalue weighted by molar-refractivity contribution is 6.33. The first-order valence-corrected chi connectivity index (χ1v) is 4.69. The molecule has 0 saturated carbocycles. The average Bonchev–Trinajstić information content (AvgIpc) is 2.18. The lowest BCUT2D eigenvalue weighted by Crippen LogP contribution is -1.87. The molecule has 0 atom stereocenters. The van der Waals surface area contributed by atoms with Gasteiger partial charge in [-0.3, -0.25) is 9.97 Å². The third kappa shape index (κ3) is 1.75. The lowest BCUT2D eigenvalue weighted by atomic mass is 10.2. The summed E-state index contributed by atoms with van der Waals surface area (Å²) in [6.07, 6.45) is 3.34. The first-order chi connectivity index (χ1) is 6.77. The van der Waals surface area contributed by atoms with Crippen LogP contribution in [0.2, 0.25) is 5.02 Å². The monoisotopic (exact) mass is 204 g/mol. The lowest BCUT2D eigenvalue weighted by molar-refractivity contribution is 1.20. The summed E-state index contributed by atoms with van der Waals surface area (Å²) >= 11 is 6.01. The van der Waals surface area contributed by atoms with Gasteiger partial charge in [0.25, 0.3) is 0 Å². The van der Waals surface area contributed by atoms with E-state index in [4.69, 9.17) is 11.6 Å². The summed E-state index contributed by atoms with van der Waals surface area (Å²) in [5.74, 6) is 0. The fraction of sp³-hybridized carbons (Fsp3) is 0.0909. The van der Waals surface area contributed by atoms with Crippen molar-refractivity contribution in [3.05, 3.63) is 47.4 Å². The van der Waals surface area contributed by atoms with E-state index in [0.29, 0.717) is 5.02 Å². The Hall–Kier alpha value is -1.41. The number of nitrogens with zero attached hydrogens (tertiary/aromatic N) is 2. The molecule has 3 heteroatoms. The van der Waals surface area contributed by atoms with Gasteiger partial charge in [0.1, 0.15) is 0 Å². The highest BCUT2D eigenvalue weighted by atomic mass is 35.5. The predicted octanol–water partition coefficient (Wildman–Crippen LogP) is 3.11. The molecular weight excluding hydrogens is 196 g/mol. The fourth-order valence-electron chi connectivity index (χ4n) is 1.28. The summed E-state index contributed by atoms with van der Waals surface area (Å²) in [6.45, 7) is 1.96. The summed E-state index contributed by atoms with van der Waals surface area (Å²) in [4.78, 5) is 8.33. The maximum atomic E-state index is 6.01. The van der Waals surface area contributed by atoms with Crippen LogP contribution in [-0.2, 0) is 0 Å². The van der Waals surface area contributed by atoms with Crippen LogP contribution in [0.25, 0.3) is 11.3 Å². The van der Waals surface area contributed by atoms with Crippen molar-refractivity contribution >= 4 is 11.6 Å². The van der Waals surface area contributed by atoms with Gasteiger partial charge in [-0.2, -0.15) is 0 Å². The maximum Gasteiger partial charge on any atom is 0.0721 e. The maximum absolute atomic E-state index is 6.01. The summed E-state index contributed by atoms with van der Waals surface area (Å²) in [7, 11) is 0. The molecule has 0 N–H and O–H groups in total. The van der Waals surface area contributed by atoms with E-state index in [1.54, 1.807) is 12.4 Å². The molecule has 0 spiro atoms. The van der Waals surface area contributed by atoms with Gasteiger partial charge in [-0.25, -0.2) is 0 Å². The Balaban J connectivity index is 2.55. The van der Waals surface area contributed by atoms with Crippen molar-refractivity contribution in [2.45, 2.75) is 6.92 Å². The van der Waals surface area contributed by atoms with Gasteiger partial charge in [0.2, 0.25) is 0 Å². The number of rotatable bonds is 1. The number of aryl methyl sites for hydroxylation is 1. The van der Waals surface area contributed by atoms with Gasteiger partial charge in [-0.1, -0.05) is 17.7 Å². The van der Waals surface area contributed by atoms with Gasteiger partial charge in [0.05, 0.1) is 10.7 Å². The smallest absolute Gasteiger partial charge is 0.0721 e. The minimum absolute atomic E-state index is 0.630. The van der Waals surface area contributed by atoms with E-state index in [-0.39, 0.29) is 0 Å². The number of pyridine rings is 2.